The molecule has 0 aliphatic rings. The van der Waals surface area contributed by atoms with E-state index in [1.165, 1.54) is 89.7 Å². The van der Waals surface area contributed by atoms with Crippen molar-refractivity contribution in [2.75, 3.05) is 4.90 Å². The quantitative estimate of drug-likeness (QED) is 0.193. The first-order valence-corrected chi connectivity index (χ1v) is 16.9. The maximum Gasteiger partial charge on any atom is 0.0640 e. The van der Waals surface area contributed by atoms with Crippen LogP contribution in [0, 0.1) is 0 Å². The minimum atomic E-state index is 1.17. The Morgan fingerprint density at radius 3 is 1.40 bits per heavy atom. The zero-order valence-electron chi connectivity index (χ0n) is 24.2. The molecule has 8 aromatic carbocycles. The lowest BCUT2D eigenvalue weighted by molar-refractivity contribution is 1.33. The number of hydrogen-bond acceptors (Lipinski definition) is 3. The summed E-state index contributed by atoms with van der Waals surface area (Å²) in [5, 5.41) is 13.0. The lowest BCUT2D eigenvalue weighted by atomic mass is 10.0. The van der Waals surface area contributed by atoms with Crippen molar-refractivity contribution in [3.63, 3.8) is 0 Å². The van der Waals surface area contributed by atoms with Crippen LogP contribution in [0.5, 0.6) is 0 Å². The van der Waals surface area contributed by atoms with Crippen LogP contribution in [-0.2, 0) is 0 Å². The fraction of sp³-hybridized carbons (Fsp3) is 0. The van der Waals surface area contributed by atoms with E-state index in [4.69, 9.17) is 0 Å². The van der Waals surface area contributed by atoms with Gasteiger partial charge in [-0.25, -0.2) is 0 Å². The van der Waals surface area contributed by atoms with Gasteiger partial charge in [0.25, 0.3) is 0 Å². The van der Waals surface area contributed by atoms with Crippen molar-refractivity contribution in [3.8, 4) is 0 Å². The molecule has 210 valence electrons. The zero-order chi connectivity index (χ0) is 29.5. The summed E-state index contributed by atoms with van der Waals surface area (Å²) in [4.78, 5) is 2.51. The van der Waals surface area contributed by atoms with Crippen LogP contribution in [0.1, 0.15) is 0 Å². The number of rotatable bonds is 3. The first-order chi connectivity index (χ1) is 22.3. The Labute approximate surface area is 267 Å². The fourth-order valence-corrected chi connectivity index (χ4v) is 9.63. The van der Waals surface area contributed by atoms with Crippen LogP contribution < -0.4 is 4.90 Å². The molecule has 10 rings (SSSR count). The number of thiophene rings is 2. The van der Waals surface area contributed by atoms with Crippen LogP contribution in [0.15, 0.2) is 152 Å². The summed E-state index contributed by atoms with van der Waals surface area (Å²) in [6.07, 6.45) is 0. The van der Waals surface area contributed by atoms with E-state index in [0.717, 1.165) is 0 Å². The topological polar surface area (TPSA) is 3.24 Å². The highest BCUT2D eigenvalue weighted by Gasteiger charge is 2.22. The second-order valence-corrected chi connectivity index (χ2v) is 13.8. The first kappa shape index (κ1) is 25.1. The number of hydrogen-bond donors (Lipinski definition) is 0. The van der Waals surface area contributed by atoms with Gasteiger partial charge in [-0.05, 0) is 68.7 Å². The Kier molecular flexibility index (Phi) is 5.39. The molecular weight excluding hydrogens is 583 g/mol. The molecule has 0 amide bonds. The van der Waals surface area contributed by atoms with Crippen LogP contribution in [-0.4, -0.2) is 0 Å². The number of nitrogens with zero attached hydrogens (tertiary/aromatic N) is 1. The second-order valence-electron chi connectivity index (χ2n) is 11.7. The van der Waals surface area contributed by atoms with Crippen molar-refractivity contribution in [2.24, 2.45) is 0 Å². The molecule has 0 aliphatic carbocycles. The maximum atomic E-state index is 2.51. The molecule has 0 atom stereocenters. The van der Waals surface area contributed by atoms with Gasteiger partial charge in [0.2, 0.25) is 0 Å². The van der Waals surface area contributed by atoms with Crippen LogP contribution >= 0.6 is 22.7 Å². The minimum Gasteiger partial charge on any atom is -0.308 e. The molecule has 1 nitrogen and oxygen atoms in total. The van der Waals surface area contributed by atoms with Gasteiger partial charge in [0.05, 0.1) is 20.8 Å². The summed E-state index contributed by atoms with van der Waals surface area (Å²) in [7, 11) is 0. The molecule has 0 bridgehead atoms. The average Bonchev–Trinajstić information content (AvgIpc) is 3.68. The Morgan fingerprint density at radius 2 is 0.822 bits per heavy atom. The van der Waals surface area contributed by atoms with E-state index in [9.17, 15) is 0 Å². The molecule has 45 heavy (non-hydrogen) atoms. The Morgan fingerprint density at radius 1 is 0.356 bits per heavy atom. The smallest absolute Gasteiger partial charge is 0.0640 e. The molecule has 3 heteroatoms. The number of benzene rings is 8. The molecule has 0 spiro atoms. The van der Waals surface area contributed by atoms with Crippen molar-refractivity contribution in [3.05, 3.63) is 152 Å². The highest BCUT2D eigenvalue weighted by Crippen LogP contribution is 2.50. The van der Waals surface area contributed by atoms with Gasteiger partial charge < -0.3 is 4.90 Å². The summed E-state index contributed by atoms with van der Waals surface area (Å²) >= 11 is 3.80. The average molecular weight is 608 g/mol. The lowest BCUT2D eigenvalue weighted by Gasteiger charge is -2.27. The van der Waals surface area contributed by atoms with Gasteiger partial charge in [-0.15, -0.1) is 22.7 Å². The molecule has 10 aromatic rings. The highest BCUT2D eigenvalue weighted by atomic mass is 32.1. The second kappa shape index (κ2) is 9.64. The molecule has 0 unspecified atom stereocenters. The summed E-state index contributed by atoms with van der Waals surface area (Å²) in [6, 6.07) is 55.9. The Bertz CT molecular complexity index is 2630. The predicted molar refractivity (Wildman–Crippen MR) is 199 cm³/mol. The van der Waals surface area contributed by atoms with Gasteiger partial charge in [-0.2, -0.15) is 0 Å². The zero-order valence-corrected chi connectivity index (χ0v) is 25.8. The van der Waals surface area contributed by atoms with Crippen LogP contribution in [0.4, 0.5) is 17.1 Å². The lowest BCUT2D eigenvalue weighted by Crippen LogP contribution is -2.10. The van der Waals surface area contributed by atoms with E-state index in [1.54, 1.807) is 0 Å². The summed E-state index contributed by atoms with van der Waals surface area (Å²) < 4.78 is 5.25. The third-order valence-electron chi connectivity index (χ3n) is 9.21. The largest absolute Gasteiger partial charge is 0.308 e. The molecule has 0 radical (unpaired) electrons. The third kappa shape index (κ3) is 3.72. The van der Waals surface area contributed by atoms with Crippen molar-refractivity contribution in [1.82, 2.24) is 0 Å². The van der Waals surface area contributed by atoms with Crippen LogP contribution in [0.2, 0.25) is 0 Å². The van der Waals surface area contributed by atoms with Gasteiger partial charge in [0.15, 0.2) is 0 Å². The van der Waals surface area contributed by atoms with Gasteiger partial charge in [-0.3, -0.25) is 0 Å². The van der Waals surface area contributed by atoms with Gasteiger partial charge in [0, 0.05) is 36.6 Å². The van der Waals surface area contributed by atoms with E-state index in [0.29, 0.717) is 0 Å². The minimum absolute atomic E-state index is 1.17. The maximum absolute atomic E-state index is 2.51. The van der Waals surface area contributed by atoms with Gasteiger partial charge in [0.1, 0.15) is 0 Å². The molecule has 2 heterocycles. The normalized spacial score (nSPS) is 12.0. The van der Waals surface area contributed by atoms with E-state index < -0.39 is 0 Å². The molecule has 0 aliphatic heterocycles. The van der Waals surface area contributed by atoms with Crippen molar-refractivity contribution < 1.29 is 0 Å². The monoisotopic (exact) mass is 607 g/mol. The van der Waals surface area contributed by atoms with Gasteiger partial charge >= 0.3 is 0 Å². The summed E-state index contributed by atoms with van der Waals surface area (Å²) in [5.74, 6) is 0. The molecule has 0 N–H and O–H groups in total. The van der Waals surface area contributed by atoms with Crippen molar-refractivity contribution in [2.45, 2.75) is 0 Å². The molecule has 2 aromatic heterocycles. The standard InChI is InChI=1S/C42H25NS2/c1-2-12-29-25-30(22-19-26(29)9-1)43(35-17-7-15-33-39-31-13-5-3-10-27(31)20-23-37(39)44-41(33)35)36-18-8-16-34-40-32-14-6-4-11-28(32)21-24-38(40)45-42(34)36/h1-25H. The molecular formula is C42H25NS2. The van der Waals surface area contributed by atoms with Gasteiger partial charge in [-0.1, -0.05) is 115 Å². The SMILES string of the molecule is c1ccc2cc(N(c3cccc4c3sc3ccc5ccccc5c34)c3cccc4c3sc3ccc5ccccc5c34)ccc2c1. The van der Waals surface area contributed by atoms with E-state index in [2.05, 4.69) is 157 Å². The molecule has 0 saturated carbocycles. The van der Waals surface area contributed by atoms with E-state index >= 15 is 0 Å². The number of anilines is 3. The van der Waals surface area contributed by atoms with Crippen molar-refractivity contribution in [1.29, 1.82) is 0 Å². The van der Waals surface area contributed by atoms with Crippen molar-refractivity contribution >= 4 is 112 Å². The van der Waals surface area contributed by atoms with E-state index in [-0.39, 0.29) is 0 Å². The highest BCUT2D eigenvalue weighted by molar-refractivity contribution is 7.27. The first-order valence-electron chi connectivity index (χ1n) is 15.3. The molecule has 0 saturated heterocycles. The fourth-order valence-electron chi connectivity index (χ4n) is 7.18. The Hall–Kier alpha value is -5.22. The van der Waals surface area contributed by atoms with Crippen LogP contribution in [0.3, 0.4) is 0 Å². The molecule has 0 fully saturated rings. The van der Waals surface area contributed by atoms with Crippen LogP contribution in [0.25, 0.3) is 72.7 Å². The predicted octanol–water partition coefficient (Wildman–Crippen LogP) is 13.4. The summed E-state index contributed by atoms with van der Waals surface area (Å²) in [6.45, 7) is 0. The van der Waals surface area contributed by atoms with E-state index in [1.807, 2.05) is 22.7 Å². The third-order valence-corrected chi connectivity index (χ3v) is 11.6. The Balaban J connectivity index is 1.32. The summed E-state index contributed by atoms with van der Waals surface area (Å²) in [5.41, 5.74) is 3.59. The number of fused-ring (bicyclic) bond motifs is 11.